The molecule has 0 radical (unpaired) electrons. The zero-order valence-corrected chi connectivity index (χ0v) is 31.1. The van der Waals surface area contributed by atoms with Crippen LogP contribution in [0.2, 0.25) is 5.02 Å². The average molecular weight is 797 g/mol. The van der Waals surface area contributed by atoms with Gasteiger partial charge in [-0.05, 0) is 37.0 Å². The van der Waals surface area contributed by atoms with Gasteiger partial charge in [-0.25, -0.2) is 4.79 Å². The molecule has 296 valence electrons. The van der Waals surface area contributed by atoms with Crippen LogP contribution in [0, 0.1) is 20.2 Å². The van der Waals surface area contributed by atoms with Crippen molar-refractivity contribution in [3.63, 3.8) is 0 Å². The number of rotatable bonds is 17. The molecule has 3 aromatic carbocycles. The van der Waals surface area contributed by atoms with Gasteiger partial charge in [0.2, 0.25) is 0 Å². The summed E-state index contributed by atoms with van der Waals surface area (Å²) < 4.78 is 27.7. The van der Waals surface area contributed by atoms with E-state index in [2.05, 4.69) is 0 Å². The quantitative estimate of drug-likeness (QED) is 0.0779. The Hall–Kier alpha value is -6.30. The van der Waals surface area contributed by atoms with Crippen molar-refractivity contribution in [2.45, 2.75) is 44.8 Å². The van der Waals surface area contributed by atoms with Crippen LogP contribution in [-0.4, -0.2) is 102 Å². The first-order valence-corrected chi connectivity index (χ1v) is 17.7. The predicted octanol–water partition coefficient (Wildman–Crippen LogP) is 4.74. The van der Waals surface area contributed by atoms with Crippen molar-refractivity contribution in [3.05, 3.63) is 90.5 Å². The number of likely N-dealkylation sites (tertiary alicyclic amines) is 2. The summed E-state index contributed by atoms with van der Waals surface area (Å²) in [4.78, 5) is 87.5. The molecule has 0 saturated carbocycles. The van der Waals surface area contributed by atoms with Crippen LogP contribution < -0.4 is 18.9 Å². The zero-order chi connectivity index (χ0) is 40.5. The molecule has 2 fully saturated rings. The maximum absolute atomic E-state index is 13.4. The number of nitrogens with zero attached hydrogens (tertiary/aromatic N) is 4. The van der Waals surface area contributed by atoms with Crippen molar-refractivity contribution >= 4 is 52.3 Å². The van der Waals surface area contributed by atoms with E-state index in [1.807, 2.05) is 0 Å². The number of methoxy groups -OCH3 is 2. The molecule has 2 aliphatic rings. The summed E-state index contributed by atoms with van der Waals surface area (Å²) in [6.45, 7) is -0.230. The molecular formula is C37H37ClN4O14. The molecule has 18 nitrogen and oxygen atoms in total. The number of benzene rings is 3. The second-order valence-electron chi connectivity index (χ2n) is 12.8. The van der Waals surface area contributed by atoms with E-state index in [9.17, 15) is 44.2 Å². The van der Waals surface area contributed by atoms with E-state index >= 15 is 0 Å². The maximum Gasteiger partial charge on any atom is 0.329 e. The number of amides is 2. The third-order valence-corrected chi connectivity index (χ3v) is 9.25. The number of ketones is 2. The van der Waals surface area contributed by atoms with E-state index in [0.29, 0.717) is 24.3 Å². The largest absolute Gasteiger partial charge is 0.493 e. The average Bonchev–Trinajstić information content (AvgIpc) is 3.81. The molecular weight excluding hydrogens is 760 g/mol. The first kappa shape index (κ1) is 40.9. The Bertz CT molecular complexity index is 2040. The minimum absolute atomic E-state index is 0.00779. The van der Waals surface area contributed by atoms with E-state index in [-0.39, 0.29) is 80.1 Å². The number of halogens is 1. The lowest BCUT2D eigenvalue weighted by Crippen LogP contribution is -2.41. The fourth-order valence-corrected chi connectivity index (χ4v) is 6.23. The molecule has 19 heteroatoms. The van der Waals surface area contributed by atoms with Crippen molar-refractivity contribution in [1.82, 2.24) is 9.80 Å². The number of unbranched alkanes of at least 4 members (excludes halogenated alkanes) is 2. The minimum Gasteiger partial charge on any atom is -0.493 e. The van der Waals surface area contributed by atoms with Gasteiger partial charge in [-0.1, -0.05) is 23.7 Å². The van der Waals surface area contributed by atoms with Crippen molar-refractivity contribution in [3.8, 4) is 23.0 Å². The number of ether oxygens (including phenoxy) is 5. The first-order chi connectivity index (χ1) is 26.8. The lowest BCUT2D eigenvalue weighted by Gasteiger charge is -2.22. The molecule has 1 atom stereocenters. The third-order valence-electron chi connectivity index (χ3n) is 9.00. The number of Topliss-reactive ketones (excluding diaryl/α,β-unsaturated/α-hetero) is 2. The SMILES string of the molecule is COC(=O)C1CC(=O)CN1C(=O)c1cc(OC)c(OCCCCCOc2cc([N+](=O)[O-])c(C(=O)N3CCC(=O)C3)cc2OCc2ccc(Cl)cc2)cc1[N+](=O)[O-]. The van der Waals surface area contributed by atoms with E-state index in [4.69, 9.17) is 35.3 Å². The molecule has 5 rings (SSSR count). The number of carbonyl (C=O) groups excluding carboxylic acids is 5. The van der Waals surface area contributed by atoms with Crippen LogP contribution >= 0.6 is 11.6 Å². The van der Waals surface area contributed by atoms with Gasteiger partial charge in [0, 0.05) is 36.5 Å². The van der Waals surface area contributed by atoms with E-state index in [1.165, 1.54) is 18.1 Å². The van der Waals surface area contributed by atoms with Crippen LogP contribution in [0.3, 0.4) is 0 Å². The summed E-state index contributed by atoms with van der Waals surface area (Å²) in [5, 5.41) is 24.6. The lowest BCUT2D eigenvalue weighted by atomic mass is 10.1. The van der Waals surface area contributed by atoms with E-state index in [1.54, 1.807) is 24.3 Å². The Kier molecular flexibility index (Phi) is 13.4. The molecule has 0 spiro atoms. The van der Waals surface area contributed by atoms with Crippen LogP contribution in [-0.2, 0) is 25.7 Å². The van der Waals surface area contributed by atoms with Gasteiger partial charge in [0.05, 0.1) is 62.5 Å². The smallest absolute Gasteiger partial charge is 0.329 e. The minimum atomic E-state index is -1.22. The van der Waals surface area contributed by atoms with Crippen LogP contribution in [0.5, 0.6) is 23.0 Å². The fraction of sp³-hybridized carbons (Fsp3) is 0.378. The van der Waals surface area contributed by atoms with E-state index in [0.717, 1.165) is 35.8 Å². The molecule has 0 aromatic heterocycles. The van der Waals surface area contributed by atoms with Gasteiger partial charge >= 0.3 is 5.97 Å². The number of esters is 1. The van der Waals surface area contributed by atoms with Gasteiger partial charge < -0.3 is 33.5 Å². The molecule has 0 bridgehead atoms. The topological polar surface area (TPSA) is 224 Å². The van der Waals surface area contributed by atoms with Gasteiger partial charge in [-0.15, -0.1) is 0 Å². The normalized spacial score (nSPS) is 15.1. The predicted molar refractivity (Wildman–Crippen MR) is 195 cm³/mol. The summed E-state index contributed by atoms with van der Waals surface area (Å²) in [6, 6.07) is 10.1. The van der Waals surface area contributed by atoms with Crippen LogP contribution in [0.1, 0.15) is 58.4 Å². The Morgan fingerprint density at radius 3 is 1.89 bits per heavy atom. The highest BCUT2D eigenvalue weighted by Gasteiger charge is 2.42. The molecule has 2 amide bonds. The molecule has 0 aliphatic carbocycles. The van der Waals surface area contributed by atoms with Gasteiger partial charge in [0.1, 0.15) is 23.8 Å². The Balaban J connectivity index is 1.23. The highest BCUT2D eigenvalue weighted by Crippen LogP contribution is 2.38. The Labute approximate surface area is 324 Å². The standard InChI is InChI=1S/C37H37ClN4O14/c1-52-31-15-27(36(46)40-20-25(44)14-30(40)37(47)53-2)29(42(50)51)17-33(31)54-12-4-3-5-13-55-34-18-28(41(48)49)26(35(45)39-11-10-24(43)19-39)16-32(34)56-21-22-6-8-23(38)9-7-22/h6-9,15-18,30H,3-5,10-14,19-21H2,1-2H3. The summed E-state index contributed by atoms with van der Waals surface area (Å²) in [5.41, 5.74) is -1.04. The van der Waals surface area contributed by atoms with Crippen LogP contribution in [0.25, 0.3) is 0 Å². The number of carbonyl (C=O) groups is 5. The summed E-state index contributed by atoms with van der Waals surface area (Å²) in [5.74, 6) is -2.88. The monoisotopic (exact) mass is 796 g/mol. The maximum atomic E-state index is 13.4. The molecule has 3 aromatic rings. The van der Waals surface area contributed by atoms with Crippen molar-refractivity contribution in [2.75, 3.05) is 47.1 Å². The zero-order valence-electron chi connectivity index (χ0n) is 30.4. The van der Waals surface area contributed by atoms with Crippen molar-refractivity contribution < 1.29 is 57.5 Å². The summed E-state index contributed by atoms with van der Waals surface area (Å²) in [7, 11) is 2.39. The summed E-state index contributed by atoms with van der Waals surface area (Å²) in [6.07, 6.45) is 1.27. The van der Waals surface area contributed by atoms with Crippen LogP contribution in [0.15, 0.2) is 48.5 Å². The second kappa shape index (κ2) is 18.4. The van der Waals surface area contributed by atoms with Gasteiger partial charge in [-0.3, -0.25) is 39.4 Å². The second-order valence-corrected chi connectivity index (χ2v) is 13.2. The Morgan fingerprint density at radius 1 is 0.768 bits per heavy atom. The number of hydrogen-bond donors (Lipinski definition) is 0. The molecule has 1 unspecified atom stereocenters. The highest BCUT2D eigenvalue weighted by molar-refractivity contribution is 6.30. The van der Waals surface area contributed by atoms with Gasteiger partial charge in [-0.2, -0.15) is 0 Å². The van der Waals surface area contributed by atoms with Gasteiger partial charge in [0.15, 0.2) is 34.6 Å². The molecule has 2 heterocycles. The van der Waals surface area contributed by atoms with Crippen LogP contribution in [0.4, 0.5) is 11.4 Å². The number of nitro groups is 2. The highest BCUT2D eigenvalue weighted by atomic mass is 35.5. The first-order valence-electron chi connectivity index (χ1n) is 17.3. The lowest BCUT2D eigenvalue weighted by molar-refractivity contribution is -0.385. The number of hydrogen-bond acceptors (Lipinski definition) is 14. The number of nitro benzene ring substituents is 2. The van der Waals surface area contributed by atoms with Crippen molar-refractivity contribution in [2.24, 2.45) is 0 Å². The fourth-order valence-electron chi connectivity index (χ4n) is 6.11. The molecule has 2 saturated heterocycles. The third kappa shape index (κ3) is 9.67. The summed E-state index contributed by atoms with van der Waals surface area (Å²) >= 11 is 5.99. The molecule has 0 N–H and O–H groups in total. The molecule has 56 heavy (non-hydrogen) atoms. The van der Waals surface area contributed by atoms with Gasteiger partial charge in [0.25, 0.3) is 23.2 Å². The van der Waals surface area contributed by atoms with E-state index < -0.39 is 62.9 Å². The Morgan fingerprint density at radius 2 is 1.34 bits per heavy atom. The molecule has 2 aliphatic heterocycles. The van der Waals surface area contributed by atoms with Crippen molar-refractivity contribution in [1.29, 1.82) is 0 Å².